The Morgan fingerprint density at radius 2 is 1.77 bits per heavy atom. The minimum atomic E-state index is 0.633. The Balaban J connectivity index is 1.69. The van der Waals surface area contributed by atoms with Crippen LogP contribution in [0.15, 0.2) is 70.5 Å². The minimum Gasteiger partial charge on any atom is -0.437 e. The number of nitrogens with zero attached hydrogens (tertiary/aromatic N) is 1. The summed E-state index contributed by atoms with van der Waals surface area (Å²) in [5, 5.41) is 2.05. The van der Waals surface area contributed by atoms with Gasteiger partial charge in [-0.15, -0.1) is 11.3 Å². The molecular weight excluding hydrogens is 290 g/mol. The molecule has 0 fully saturated rings. The molecule has 0 unspecified atom stereocenters. The summed E-state index contributed by atoms with van der Waals surface area (Å²) in [5.41, 5.74) is 4.02. The molecule has 3 heteroatoms. The smallest absolute Gasteiger partial charge is 0.220 e. The van der Waals surface area contributed by atoms with Gasteiger partial charge in [0.1, 0.15) is 5.52 Å². The normalized spacial score (nSPS) is 11.5. The zero-order valence-corrected chi connectivity index (χ0v) is 12.6. The Hall–Kier alpha value is -2.65. The first-order valence-corrected chi connectivity index (χ1v) is 7.94. The fourth-order valence-electron chi connectivity index (χ4n) is 2.37. The highest BCUT2D eigenvalue weighted by atomic mass is 32.1. The van der Waals surface area contributed by atoms with Crippen LogP contribution in [0.3, 0.4) is 0 Å². The molecule has 0 amide bonds. The van der Waals surface area contributed by atoms with Gasteiger partial charge in [-0.1, -0.05) is 42.5 Å². The van der Waals surface area contributed by atoms with Crippen LogP contribution in [0.5, 0.6) is 0 Å². The van der Waals surface area contributed by atoms with Gasteiger partial charge in [-0.2, -0.15) is 0 Å². The lowest BCUT2D eigenvalue weighted by Crippen LogP contribution is -1.77. The Bertz CT molecular complexity index is 921. The van der Waals surface area contributed by atoms with Gasteiger partial charge in [0.15, 0.2) is 5.58 Å². The largest absolute Gasteiger partial charge is 0.437 e. The van der Waals surface area contributed by atoms with E-state index in [9.17, 15) is 0 Å². The Morgan fingerprint density at radius 3 is 2.59 bits per heavy atom. The van der Waals surface area contributed by atoms with Crippen LogP contribution in [0.2, 0.25) is 0 Å². The number of thiophene rings is 1. The molecule has 106 valence electrons. The Kier molecular flexibility index (Phi) is 3.33. The number of benzene rings is 2. The van der Waals surface area contributed by atoms with Gasteiger partial charge in [0, 0.05) is 11.0 Å². The van der Waals surface area contributed by atoms with Gasteiger partial charge < -0.3 is 4.42 Å². The molecule has 0 N–H and O–H groups in total. The van der Waals surface area contributed by atoms with Crippen LogP contribution in [0.25, 0.3) is 34.4 Å². The summed E-state index contributed by atoms with van der Waals surface area (Å²) in [4.78, 5) is 5.74. The molecule has 4 aromatic rings. The van der Waals surface area contributed by atoms with Gasteiger partial charge in [-0.05, 0) is 40.8 Å². The molecule has 2 nitrogen and oxygen atoms in total. The van der Waals surface area contributed by atoms with Gasteiger partial charge in [0.05, 0.1) is 0 Å². The lowest BCUT2D eigenvalue weighted by Gasteiger charge is -1.99. The molecule has 0 aliphatic carbocycles. The van der Waals surface area contributed by atoms with Crippen molar-refractivity contribution in [3.8, 4) is 11.1 Å². The predicted molar refractivity (Wildman–Crippen MR) is 92.7 cm³/mol. The molecule has 0 aliphatic heterocycles. The first-order valence-electron chi connectivity index (χ1n) is 7.06. The molecule has 4 rings (SSSR count). The summed E-state index contributed by atoms with van der Waals surface area (Å²) in [5.74, 6) is 0.633. The maximum atomic E-state index is 5.76. The first kappa shape index (κ1) is 13.0. The fourth-order valence-corrected chi connectivity index (χ4v) is 2.98. The van der Waals surface area contributed by atoms with Crippen molar-refractivity contribution in [1.82, 2.24) is 4.98 Å². The molecular formula is C19H13NOS. The molecule has 22 heavy (non-hydrogen) atoms. The van der Waals surface area contributed by atoms with Crippen molar-refractivity contribution >= 4 is 34.6 Å². The second kappa shape index (κ2) is 5.62. The van der Waals surface area contributed by atoms with E-state index in [1.807, 2.05) is 42.5 Å². The maximum Gasteiger partial charge on any atom is 0.220 e. The van der Waals surface area contributed by atoms with Crippen LogP contribution in [-0.2, 0) is 0 Å². The molecule has 0 aliphatic rings. The average Bonchev–Trinajstić information content (AvgIpc) is 3.22. The van der Waals surface area contributed by atoms with E-state index in [0.717, 1.165) is 16.7 Å². The second-order valence-electron chi connectivity index (χ2n) is 4.95. The average molecular weight is 303 g/mol. The molecule has 0 saturated heterocycles. The summed E-state index contributed by atoms with van der Waals surface area (Å²) in [7, 11) is 0. The summed E-state index contributed by atoms with van der Waals surface area (Å²) in [6.45, 7) is 0. The van der Waals surface area contributed by atoms with Gasteiger partial charge in [-0.25, -0.2) is 4.98 Å². The van der Waals surface area contributed by atoms with Crippen LogP contribution in [0.4, 0.5) is 0 Å². The van der Waals surface area contributed by atoms with Gasteiger partial charge in [0.25, 0.3) is 0 Å². The number of rotatable bonds is 3. The lowest BCUT2D eigenvalue weighted by molar-refractivity contribution is 0.590. The number of fused-ring (bicyclic) bond motifs is 1. The van der Waals surface area contributed by atoms with Crippen LogP contribution in [0.1, 0.15) is 10.8 Å². The maximum absolute atomic E-state index is 5.76. The van der Waals surface area contributed by atoms with Crippen molar-refractivity contribution in [2.24, 2.45) is 0 Å². The third kappa shape index (κ3) is 2.59. The van der Waals surface area contributed by atoms with E-state index < -0.39 is 0 Å². The summed E-state index contributed by atoms with van der Waals surface area (Å²) in [6, 6.07) is 20.5. The van der Waals surface area contributed by atoms with E-state index in [4.69, 9.17) is 4.42 Å². The lowest BCUT2D eigenvalue weighted by atomic mass is 10.1. The monoisotopic (exact) mass is 303 g/mol. The van der Waals surface area contributed by atoms with Crippen molar-refractivity contribution in [1.29, 1.82) is 0 Å². The van der Waals surface area contributed by atoms with Gasteiger partial charge >= 0.3 is 0 Å². The van der Waals surface area contributed by atoms with Gasteiger partial charge in [-0.3, -0.25) is 0 Å². The molecule has 0 bridgehead atoms. The number of hydrogen-bond acceptors (Lipinski definition) is 3. The molecule has 2 aromatic carbocycles. The molecule has 2 heterocycles. The summed E-state index contributed by atoms with van der Waals surface area (Å²) < 4.78 is 5.76. The zero-order chi connectivity index (χ0) is 14.8. The Morgan fingerprint density at radius 1 is 0.864 bits per heavy atom. The molecule has 0 saturated carbocycles. The molecule has 2 aromatic heterocycles. The van der Waals surface area contributed by atoms with Crippen molar-refractivity contribution < 1.29 is 4.42 Å². The number of hydrogen-bond donors (Lipinski definition) is 0. The van der Waals surface area contributed by atoms with Crippen LogP contribution < -0.4 is 0 Å². The molecule has 0 spiro atoms. The van der Waals surface area contributed by atoms with Crippen molar-refractivity contribution in [3.05, 3.63) is 76.8 Å². The number of oxazole rings is 1. The second-order valence-corrected chi connectivity index (χ2v) is 5.93. The quantitative estimate of drug-likeness (QED) is 0.483. The van der Waals surface area contributed by atoms with Crippen molar-refractivity contribution in [2.45, 2.75) is 0 Å². The SMILES string of the molecule is C(=Cc1cccs1)c1nc2cc(-c3ccccc3)ccc2o1. The predicted octanol–water partition coefficient (Wildman–Crippen LogP) is 5.73. The first-order chi connectivity index (χ1) is 10.9. The third-order valence-electron chi connectivity index (χ3n) is 3.44. The van der Waals surface area contributed by atoms with Crippen LogP contribution in [-0.4, -0.2) is 4.98 Å². The third-order valence-corrected chi connectivity index (χ3v) is 4.28. The highest BCUT2D eigenvalue weighted by molar-refractivity contribution is 7.10. The highest BCUT2D eigenvalue weighted by Crippen LogP contribution is 2.25. The van der Waals surface area contributed by atoms with Crippen molar-refractivity contribution in [2.75, 3.05) is 0 Å². The van der Waals surface area contributed by atoms with Gasteiger partial charge in [0.2, 0.25) is 5.89 Å². The van der Waals surface area contributed by atoms with E-state index >= 15 is 0 Å². The van der Waals surface area contributed by atoms with Crippen molar-refractivity contribution in [3.63, 3.8) is 0 Å². The van der Waals surface area contributed by atoms with E-state index in [1.165, 1.54) is 10.4 Å². The topological polar surface area (TPSA) is 26.0 Å². The molecule has 0 radical (unpaired) electrons. The van der Waals surface area contributed by atoms with E-state index in [1.54, 1.807) is 11.3 Å². The van der Waals surface area contributed by atoms with E-state index in [-0.39, 0.29) is 0 Å². The standard InChI is InChI=1S/C19H13NOS/c1-2-5-14(6-3-1)15-8-10-18-17(13-15)20-19(21-18)11-9-16-7-4-12-22-16/h1-13H. The molecule has 0 atom stereocenters. The van der Waals surface area contributed by atoms with E-state index in [0.29, 0.717) is 5.89 Å². The Labute approximate surface area is 132 Å². The fraction of sp³-hybridized carbons (Fsp3) is 0. The minimum absolute atomic E-state index is 0.633. The zero-order valence-electron chi connectivity index (χ0n) is 11.8. The van der Waals surface area contributed by atoms with E-state index in [2.05, 4.69) is 40.7 Å². The summed E-state index contributed by atoms with van der Waals surface area (Å²) in [6.07, 6.45) is 3.93. The van der Waals surface area contributed by atoms with Crippen LogP contribution >= 0.6 is 11.3 Å². The summed E-state index contributed by atoms with van der Waals surface area (Å²) >= 11 is 1.69. The number of aromatic nitrogens is 1. The van der Waals surface area contributed by atoms with Crippen LogP contribution in [0, 0.1) is 0 Å². The highest BCUT2D eigenvalue weighted by Gasteiger charge is 2.05.